The van der Waals surface area contributed by atoms with Crippen molar-refractivity contribution in [1.82, 2.24) is 0 Å². The number of benzene rings is 1. The lowest BCUT2D eigenvalue weighted by Crippen LogP contribution is -3.00. The Morgan fingerprint density at radius 1 is 1.08 bits per heavy atom. The molecule has 0 spiro atoms. The number of hydrogen-bond donors (Lipinski definition) is 0. The highest BCUT2D eigenvalue weighted by Gasteiger charge is 2.14. The van der Waals surface area contributed by atoms with E-state index in [1.165, 1.54) is 12.1 Å². The van der Waals surface area contributed by atoms with Crippen molar-refractivity contribution < 1.29 is 12.4 Å². The van der Waals surface area contributed by atoms with Crippen LogP contribution in [0, 0.1) is 6.57 Å². The van der Waals surface area contributed by atoms with Gasteiger partial charge in [-0.05, 0) is 17.0 Å². The molecule has 6 heteroatoms. The first-order valence-corrected chi connectivity index (χ1v) is 3.84. The largest absolute Gasteiger partial charge is 1.00 e. The molecule has 0 aliphatic heterocycles. The van der Waals surface area contributed by atoms with Crippen molar-refractivity contribution in [3.63, 3.8) is 0 Å². The van der Waals surface area contributed by atoms with Crippen molar-refractivity contribution in [3.05, 3.63) is 32.0 Å². The van der Waals surface area contributed by atoms with Crippen LogP contribution >= 0.6 is 47.2 Å². The molecule has 0 heterocycles. The molecule has 0 saturated heterocycles. The van der Waals surface area contributed by atoms with E-state index < -0.39 is 0 Å². The van der Waals surface area contributed by atoms with Crippen molar-refractivity contribution in [2.24, 2.45) is 0 Å². The maximum Gasteiger partial charge on any atom is 0.376 e. The molecule has 0 amide bonds. The number of rotatable bonds is 0. The van der Waals surface area contributed by atoms with Gasteiger partial charge in [0.1, 0.15) is 10.0 Å². The van der Waals surface area contributed by atoms with E-state index in [1.807, 2.05) is 0 Å². The maximum atomic E-state index is 5.69. The third-order valence-corrected chi connectivity index (χ3v) is 1.91. The van der Waals surface area contributed by atoms with Gasteiger partial charge in [0.15, 0.2) is 0 Å². The predicted octanol–water partition coefficient (Wildman–Crippen LogP) is 1.67. The molecule has 0 aromatic heterocycles. The molecule has 1 rings (SSSR count). The van der Waals surface area contributed by atoms with Gasteiger partial charge in [-0.15, -0.1) is 12.4 Å². The van der Waals surface area contributed by atoms with Crippen LogP contribution < -0.4 is 12.4 Å². The molecule has 0 bridgehead atoms. The summed E-state index contributed by atoms with van der Waals surface area (Å²) in [6, 6.07) is 3.06. The van der Waals surface area contributed by atoms with Gasteiger partial charge in [0.2, 0.25) is 0 Å². The van der Waals surface area contributed by atoms with Gasteiger partial charge in [0.05, 0.1) is 0 Å². The highest BCUT2D eigenvalue weighted by atomic mass is 35.5. The Morgan fingerprint density at radius 3 is 1.77 bits per heavy atom. The molecular weight excluding hydrogens is 275 g/mol. The molecule has 0 aliphatic rings. The summed E-state index contributed by atoms with van der Waals surface area (Å²) in [5.74, 6) is 0. The molecule has 0 N–H and O–H groups in total. The smallest absolute Gasteiger partial charge is 0.376 e. The zero-order valence-electron chi connectivity index (χ0n) is 6.10. The average Bonchev–Trinajstić information content (AvgIpc) is 1.85. The highest BCUT2D eigenvalue weighted by molar-refractivity contribution is 6.41. The second-order valence-corrected chi connectivity index (χ2v) is 3.10. The molecule has 0 fully saturated rings. The van der Waals surface area contributed by atoms with Gasteiger partial charge in [0, 0.05) is 5.02 Å². The van der Waals surface area contributed by atoms with Gasteiger partial charge in [0.25, 0.3) is 6.57 Å². The van der Waals surface area contributed by atoms with E-state index in [0.717, 1.165) is 0 Å². The summed E-state index contributed by atoms with van der Waals surface area (Å²) in [5, 5.41) is 1.17. The minimum atomic E-state index is 0. The number of nitrogens with zero attached hydrogens (tertiary/aromatic N) is 1. The van der Waals surface area contributed by atoms with Crippen LogP contribution in [0.1, 0.15) is 0 Å². The van der Waals surface area contributed by atoms with E-state index in [1.54, 1.807) is 0 Å². The molecule has 1 aromatic carbocycles. The fourth-order valence-electron chi connectivity index (χ4n) is 0.658. The zero-order valence-corrected chi connectivity index (χ0v) is 9.94. The standard InChI is InChI=1S/C7H3Cl3N.2ClH/c1-11-7-5(9)2-4(8)3-6(7)10;;/h1-3H;2*1H/q+1;;/p-1. The lowest BCUT2D eigenvalue weighted by Gasteiger charge is -1.90. The molecule has 1 nitrogen and oxygen atoms in total. The van der Waals surface area contributed by atoms with Crippen LogP contribution in [0.3, 0.4) is 0 Å². The van der Waals surface area contributed by atoms with Crippen molar-refractivity contribution in [3.8, 4) is 6.57 Å². The molecular formula is C7H4Cl5N. The Bertz CT molecular complexity index is 307. The summed E-state index contributed by atoms with van der Waals surface area (Å²) >= 11 is 17.0. The predicted molar refractivity (Wildman–Crippen MR) is 56.7 cm³/mol. The quantitative estimate of drug-likeness (QED) is 0.680. The van der Waals surface area contributed by atoms with Crippen molar-refractivity contribution in [2.75, 3.05) is 0 Å². The van der Waals surface area contributed by atoms with E-state index in [4.69, 9.17) is 41.4 Å². The Balaban J connectivity index is 0. The second-order valence-electron chi connectivity index (χ2n) is 1.85. The summed E-state index contributed by atoms with van der Waals surface area (Å²) in [6.07, 6.45) is 0. The fraction of sp³-hybridized carbons (Fsp3) is 0. The average molecular weight is 279 g/mol. The first-order chi connectivity index (χ1) is 5.15. The van der Waals surface area contributed by atoms with E-state index in [0.29, 0.717) is 20.8 Å². The minimum Gasteiger partial charge on any atom is -1.00 e. The van der Waals surface area contributed by atoms with E-state index in [2.05, 4.69) is 4.85 Å². The van der Waals surface area contributed by atoms with Gasteiger partial charge >= 0.3 is 5.69 Å². The maximum absolute atomic E-state index is 5.69. The summed E-state index contributed by atoms with van der Waals surface area (Å²) < 4.78 is 0. The molecule has 0 radical (unpaired) electrons. The third-order valence-electron chi connectivity index (χ3n) is 1.11. The summed E-state index contributed by atoms with van der Waals surface area (Å²) in [4.78, 5) is 3.39. The summed E-state index contributed by atoms with van der Waals surface area (Å²) in [7, 11) is 0. The topological polar surface area (TPSA) is 4.36 Å². The van der Waals surface area contributed by atoms with Crippen LogP contribution in [0.2, 0.25) is 15.1 Å². The fourth-order valence-corrected chi connectivity index (χ4v) is 1.57. The van der Waals surface area contributed by atoms with Gasteiger partial charge in [-0.1, -0.05) is 34.8 Å². The Kier molecular flexibility index (Phi) is 7.92. The van der Waals surface area contributed by atoms with Crippen molar-refractivity contribution >= 4 is 52.9 Å². The van der Waals surface area contributed by atoms with Crippen LogP contribution in [-0.4, -0.2) is 0 Å². The van der Waals surface area contributed by atoms with Crippen LogP contribution in [0.5, 0.6) is 0 Å². The van der Waals surface area contributed by atoms with Crippen LogP contribution in [-0.2, 0) is 0 Å². The van der Waals surface area contributed by atoms with Gasteiger partial charge in [-0.25, -0.2) is 0 Å². The van der Waals surface area contributed by atoms with E-state index >= 15 is 0 Å². The first kappa shape index (κ1) is 15.6. The number of hydrogen-bond acceptors (Lipinski definition) is 0. The molecule has 13 heavy (non-hydrogen) atoms. The van der Waals surface area contributed by atoms with Crippen molar-refractivity contribution in [2.45, 2.75) is 0 Å². The molecule has 72 valence electrons. The van der Waals surface area contributed by atoms with Crippen LogP contribution in [0.15, 0.2) is 12.1 Å². The van der Waals surface area contributed by atoms with Crippen LogP contribution in [0.25, 0.3) is 4.85 Å². The SMILES string of the molecule is C#[N+]c1c(Cl)cc(Cl)cc1Cl.Cl.[Cl-]. The lowest BCUT2D eigenvalue weighted by molar-refractivity contribution is -0.00000208. The molecule has 1 aromatic rings. The molecule has 0 aliphatic carbocycles. The first-order valence-electron chi connectivity index (χ1n) is 2.70. The normalized spacial score (nSPS) is 7.85. The van der Waals surface area contributed by atoms with Gasteiger partial charge in [-0.3, -0.25) is 0 Å². The third kappa shape index (κ3) is 3.81. The summed E-state index contributed by atoms with van der Waals surface area (Å²) in [5.41, 5.74) is 0.359. The number of halogens is 5. The molecule has 0 saturated carbocycles. The summed E-state index contributed by atoms with van der Waals surface area (Å²) in [6.45, 7) is 5.01. The Hall–Kier alpha value is 0.160. The monoisotopic (exact) mass is 277 g/mol. The zero-order chi connectivity index (χ0) is 8.43. The molecule has 0 atom stereocenters. The van der Waals surface area contributed by atoms with Gasteiger partial charge < -0.3 is 12.4 Å². The van der Waals surface area contributed by atoms with Crippen molar-refractivity contribution in [1.29, 1.82) is 0 Å². The van der Waals surface area contributed by atoms with E-state index in [9.17, 15) is 0 Å². The minimum absolute atomic E-state index is 0. The van der Waals surface area contributed by atoms with Crippen LogP contribution in [0.4, 0.5) is 5.69 Å². The lowest BCUT2D eigenvalue weighted by atomic mass is 10.3. The van der Waals surface area contributed by atoms with E-state index in [-0.39, 0.29) is 24.8 Å². The Morgan fingerprint density at radius 2 is 1.46 bits per heavy atom. The van der Waals surface area contributed by atoms with Gasteiger partial charge in [-0.2, -0.15) is 0 Å². The second kappa shape index (κ2) is 6.59. The Labute approximate surface area is 104 Å². The molecule has 0 unspecified atom stereocenters. The highest BCUT2D eigenvalue weighted by Crippen LogP contribution is 2.35.